The van der Waals surface area contributed by atoms with Gasteiger partial charge in [0, 0.05) is 19.2 Å². The van der Waals surface area contributed by atoms with Gasteiger partial charge in [0.05, 0.1) is 30.0 Å². The molecule has 5 rings (SSSR count). The Balaban J connectivity index is 1.43. The molecule has 1 aliphatic heterocycles. The zero-order chi connectivity index (χ0) is 18.4. The summed E-state index contributed by atoms with van der Waals surface area (Å²) in [6.45, 7) is 1.26. The van der Waals surface area contributed by atoms with Gasteiger partial charge in [-0.3, -0.25) is 4.79 Å². The molecule has 3 aromatic rings. The number of imidazole rings is 1. The first kappa shape index (κ1) is 16.5. The van der Waals surface area contributed by atoms with E-state index >= 15 is 0 Å². The van der Waals surface area contributed by atoms with Gasteiger partial charge in [0.25, 0.3) is 5.91 Å². The van der Waals surface area contributed by atoms with Crippen LogP contribution in [0.1, 0.15) is 34.9 Å². The summed E-state index contributed by atoms with van der Waals surface area (Å²) in [6.07, 6.45) is 4.25. The molecule has 0 spiro atoms. The summed E-state index contributed by atoms with van der Waals surface area (Å²) in [5.74, 6) is 0.655. The molecule has 1 aliphatic carbocycles. The minimum Gasteiger partial charge on any atom is -0.366 e. The topological polar surface area (TPSA) is 47.4 Å². The summed E-state index contributed by atoms with van der Waals surface area (Å²) >= 11 is 0. The van der Waals surface area contributed by atoms with E-state index in [9.17, 15) is 4.79 Å². The van der Waals surface area contributed by atoms with Crippen LogP contribution in [0.15, 0.2) is 54.9 Å². The van der Waals surface area contributed by atoms with Gasteiger partial charge in [-0.2, -0.15) is 0 Å². The van der Waals surface area contributed by atoms with E-state index in [-0.39, 0.29) is 18.1 Å². The highest BCUT2D eigenvalue weighted by Gasteiger charge is 2.40. The second kappa shape index (κ2) is 6.50. The van der Waals surface area contributed by atoms with E-state index in [2.05, 4.69) is 17.1 Å². The van der Waals surface area contributed by atoms with Crippen molar-refractivity contribution in [2.24, 2.45) is 13.0 Å². The Kier molecular flexibility index (Phi) is 3.97. The molecular weight excluding hydrogens is 338 g/mol. The van der Waals surface area contributed by atoms with Crippen molar-refractivity contribution in [3.8, 4) is 0 Å². The number of carbonyl (C=O) groups is 1. The third-order valence-corrected chi connectivity index (χ3v) is 5.70. The first-order chi connectivity index (χ1) is 13.2. The van der Waals surface area contributed by atoms with Crippen LogP contribution in [0.2, 0.25) is 0 Å². The standard InChI is InChI=1S/C22H23N3O2/c1-24-14-23-18-11-17(9-10-19(18)24)22(26)25-12-20(15-5-3-2-4-6-15)27-21(13-25)16-7-8-16/h2-6,9-11,14,16,20-21H,7-8,12-13H2,1H3/t20-,21+/m0/s1. The highest BCUT2D eigenvalue weighted by atomic mass is 16.5. The summed E-state index contributed by atoms with van der Waals surface area (Å²) in [6, 6.07) is 16.0. The van der Waals surface area contributed by atoms with E-state index in [1.165, 1.54) is 12.8 Å². The second-order valence-electron chi connectivity index (χ2n) is 7.68. The fourth-order valence-electron chi connectivity index (χ4n) is 3.99. The van der Waals surface area contributed by atoms with Crippen LogP contribution in [0.25, 0.3) is 11.0 Å². The molecule has 2 aromatic carbocycles. The minimum atomic E-state index is -0.0620. The van der Waals surface area contributed by atoms with E-state index in [1.807, 2.05) is 52.9 Å². The number of benzene rings is 2. The van der Waals surface area contributed by atoms with Crippen molar-refractivity contribution in [3.05, 3.63) is 66.0 Å². The predicted octanol–water partition coefficient (Wildman–Crippen LogP) is 3.57. The Bertz CT molecular complexity index is 978. The van der Waals surface area contributed by atoms with Gasteiger partial charge in [-0.25, -0.2) is 4.98 Å². The van der Waals surface area contributed by atoms with E-state index in [0.29, 0.717) is 24.6 Å². The van der Waals surface area contributed by atoms with Crippen LogP contribution in [0, 0.1) is 5.92 Å². The summed E-state index contributed by atoms with van der Waals surface area (Å²) < 4.78 is 8.34. The van der Waals surface area contributed by atoms with Gasteiger partial charge in [0.1, 0.15) is 6.10 Å². The van der Waals surface area contributed by atoms with Crippen LogP contribution in [-0.2, 0) is 11.8 Å². The van der Waals surface area contributed by atoms with E-state index in [0.717, 1.165) is 16.6 Å². The van der Waals surface area contributed by atoms with Crippen molar-refractivity contribution in [3.63, 3.8) is 0 Å². The molecule has 2 atom stereocenters. The first-order valence-electron chi connectivity index (χ1n) is 9.60. The Morgan fingerprint density at radius 2 is 1.93 bits per heavy atom. The van der Waals surface area contributed by atoms with E-state index < -0.39 is 0 Å². The maximum absolute atomic E-state index is 13.3. The number of ether oxygens (including phenoxy) is 1. The molecule has 1 saturated carbocycles. The molecule has 0 radical (unpaired) electrons. The Morgan fingerprint density at radius 3 is 2.70 bits per heavy atom. The number of hydrogen-bond acceptors (Lipinski definition) is 3. The number of hydrogen-bond donors (Lipinski definition) is 0. The lowest BCUT2D eigenvalue weighted by Gasteiger charge is -2.38. The maximum Gasteiger partial charge on any atom is 0.254 e. The molecule has 27 heavy (non-hydrogen) atoms. The van der Waals surface area contributed by atoms with Crippen LogP contribution in [0.3, 0.4) is 0 Å². The van der Waals surface area contributed by atoms with Crippen molar-refractivity contribution in [1.29, 1.82) is 0 Å². The third-order valence-electron chi connectivity index (χ3n) is 5.70. The third kappa shape index (κ3) is 3.12. The Hall–Kier alpha value is -2.66. The molecule has 0 unspecified atom stereocenters. The molecule has 5 nitrogen and oxygen atoms in total. The molecule has 5 heteroatoms. The number of aromatic nitrogens is 2. The fraction of sp³-hybridized carbons (Fsp3) is 0.364. The molecule has 1 amide bonds. The second-order valence-corrected chi connectivity index (χ2v) is 7.68. The van der Waals surface area contributed by atoms with Gasteiger partial charge in [0.2, 0.25) is 0 Å². The number of amides is 1. The molecule has 2 aliphatic rings. The average Bonchev–Trinajstić information content (AvgIpc) is 3.51. The van der Waals surface area contributed by atoms with Crippen LogP contribution in [0.4, 0.5) is 0 Å². The summed E-state index contributed by atoms with van der Waals surface area (Å²) in [5, 5.41) is 0. The van der Waals surface area contributed by atoms with Crippen molar-refractivity contribution in [2.75, 3.05) is 13.1 Å². The highest BCUT2D eigenvalue weighted by Crippen LogP contribution is 2.39. The molecular formula is C22H23N3O2. The average molecular weight is 361 g/mol. The monoisotopic (exact) mass is 361 g/mol. The maximum atomic E-state index is 13.3. The Labute approximate surface area is 158 Å². The molecule has 2 heterocycles. The van der Waals surface area contributed by atoms with Crippen molar-refractivity contribution in [1.82, 2.24) is 14.5 Å². The lowest BCUT2D eigenvalue weighted by Crippen LogP contribution is -2.47. The van der Waals surface area contributed by atoms with Crippen molar-refractivity contribution in [2.45, 2.75) is 25.0 Å². The highest BCUT2D eigenvalue weighted by molar-refractivity contribution is 5.97. The van der Waals surface area contributed by atoms with Crippen LogP contribution in [0.5, 0.6) is 0 Å². The molecule has 1 aromatic heterocycles. The van der Waals surface area contributed by atoms with Gasteiger partial charge in [-0.1, -0.05) is 30.3 Å². The van der Waals surface area contributed by atoms with Gasteiger partial charge in [-0.15, -0.1) is 0 Å². The molecule has 1 saturated heterocycles. The van der Waals surface area contributed by atoms with Gasteiger partial charge >= 0.3 is 0 Å². The number of fused-ring (bicyclic) bond motifs is 1. The Morgan fingerprint density at radius 1 is 1.11 bits per heavy atom. The molecule has 0 N–H and O–H groups in total. The van der Waals surface area contributed by atoms with Gasteiger partial charge in [-0.05, 0) is 42.5 Å². The molecule has 138 valence electrons. The largest absolute Gasteiger partial charge is 0.366 e. The number of carbonyl (C=O) groups excluding carboxylic acids is 1. The zero-order valence-electron chi connectivity index (χ0n) is 15.4. The summed E-state index contributed by atoms with van der Waals surface area (Å²) in [4.78, 5) is 19.6. The van der Waals surface area contributed by atoms with Gasteiger partial charge in [0.15, 0.2) is 0 Å². The van der Waals surface area contributed by atoms with Crippen molar-refractivity contribution < 1.29 is 9.53 Å². The van der Waals surface area contributed by atoms with E-state index in [4.69, 9.17) is 4.74 Å². The smallest absolute Gasteiger partial charge is 0.254 e. The van der Waals surface area contributed by atoms with E-state index in [1.54, 1.807) is 6.33 Å². The first-order valence-corrected chi connectivity index (χ1v) is 9.60. The SMILES string of the molecule is Cn1cnc2cc(C(=O)N3C[C@@H](c4ccccc4)O[C@@H](C4CC4)C3)ccc21. The summed E-state index contributed by atoms with van der Waals surface area (Å²) in [7, 11) is 1.96. The minimum absolute atomic E-state index is 0.0620. The summed E-state index contributed by atoms with van der Waals surface area (Å²) in [5.41, 5.74) is 3.73. The normalized spacial score (nSPS) is 22.9. The fourth-order valence-corrected chi connectivity index (χ4v) is 3.99. The number of rotatable bonds is 3. The van der Waals surface area contributed by atoms with Crippen LogP contribution >= 0.6 is 0 Å². The number of aryl methyl sites for hydroxylation is 1. The lowest BCUT2D eigenvalue weighted by atomic mass is 10.0. The number of morpholine rings is 1. The zero-order valence-corrected chi connectivity index (χ0v) is 15.4. The molecule has 0 bridgehead atoms. The quantitative estimate of drug-likeness (QED) is 0.717. The predicted molar refractivity (Wildman–Crippen MR) is 103 cm³/mol. The molecule has 2 fully saturated rings. The van der Waals surface area contributed by atoms with Crippen LogP contribution in [-0.4, -0.2) is 39.6 Å². The van der Waals surface area contributed by atoms with Crippen molar-refractivity contribution >= 4 is 16.9 Å². The number of nitrogens with zero attached hydrogens (tertiary/aromatic N) is 3. The lowest BCUT2D eigenvalue weighted by molar-refractivity contribution is -0.0863. The van der Waals surface area contributed by atoms with Gasteiger partial charge < -0.3 is 14.2 Å². The van der Waals surface area contributed by atoms with Crippen LogP contribution < -0.4 is 0 Å².